The van der Waals surface area contributed by atoms with Gasteiger partial charge in [-0.15, -0.1) is 0 Å². The Hall–Kier alpha value is -3.47. The minimum atomic E-state index is -0.274. The molecule has 0 saturated carbocycles. The van der Waals surface area contributed by atoms with Crippen molar-refractivity contribution in [3.63, 3.8) is 0 Å². The number of ether oxygens (including phenoxy) is 2. The van der Waals surface area contributed by atoms with Gasteiger partial charge in [-0.05, 0) is 23.3 Å². The van der Waals surface area contributed by atoms with Crippen molar-refractivity contribution in [2.75, 3.05) is 18.6 Å². The van der Waals surface area contributed by atoms with E-state index in [1.165, 1.54) is 7.11 Å². The van der Waals surface area contributed by atoms with Crippen molar-refractivity contribution in [1.82, 2.24) is 0 Å². The highest BCUT2D eigenvalue weighted by Gasteiger charge is 2.30. The molecule has 136 valence electrons. The summed E-state index contributed by atoms with van der Waals surface area (Å²) in [4.78, 5) is 11.9. The molecule has 4 N–H and O–H groups in total. The Labute approximate surface area is 157 Å². The molecule has 0 unspecified atom stereocenters. The fourth-order valence-electron chi connectivity index (χ4n) is 3.58. The van der Waals surface area contributed by atoms with Crippen LogP contribution in [0.15, 0.2) is 60.7 Å². The second-order valence-corrected chi connectivity index (χ2v) is 6.58. The highest BCUT2D eigenvalue weighted by Crippen LogP contribution is 2.49. The summed E-state index contributed by atoms with van der Waals surface area (Å²) in [6, 6.07) is 19.2. The van der Waals surface area contributed by atoms with Gasteiger partial charge in [-0.3, -0.25) is 4.79 Å². The molecule has 0 saturated heterocycles. The van der Waals surface area contributed by atoms with Crippen LogP contribution >= 0.6 is 0 Å². The summed E-state index contributed by atoms with van der Waals surface area (Å²) in [6.07, 6.45) is 0.207. The number of methoxy groups -OCH3 is 1. The van der Waals surface area contributed by atoms with Crippen LogP contribution in [0.3, 0.4) is 0 Å². The smallest absolute Gasteiger partial charge is 0.309 e. The summed E-state index contributed by atoms with van der Waals surface area (Å²) in [7, 11) is 1.40. The largest absolute Gasteiger partial charge is 0.469 e. The lowest BCUT2D eigenvalue weighted by atomic mass is 9.80. The molecule has 1 aliphatic rings. The Morgan fingerprint density at radius 1 is 0.926 bits per heavy atom. The van der Waals surface area contributed by atoms with Crippen LogP contribution in [0, 0.1) is 0 Å². The van der Waals surface area contributed by atoms with E-state index in [1.807, 2.05) is 60.7 Å². The van der Waals surface area contributed by atoms with Gasteiger partial charge in [0.25, 0.3) is 0 Å². The van der Waals surface area contributed by atoms with Crippen molar-refractivity contribution in [2.24, 2.45) is 0 Å². The highest BCUT2D eigenvalue weighted by molar-refractivity contribution is 5.74. The van der Waals surface area contributed by atoms with E-state index >= 15 is 0 Å². The Morgan fingerprint density at radius 2 is 1.52 bits per heavy atom. The van der Waals surface area contributed by atoms with Crippen molar-refractivity contribution in [2.45, 2.75) is 12.3 Å². The van der Waals surface area contributed by atoms with Gasteiger partial charge < -0.3 is 20.9 Å². The maximum absolute atomic E-state index is 11.9. The predicted molar refractivity (Wildman–Crippen MR) is 105 cm³/mol. The first kappa shape index (κ1) is 17.0. The zero-order valence-electron chi connectivity index (χ0n) is 14.9. The molecule has 0 radical (unpaired) electrons. The van der Waals surface area contributed by atoms with Gasteiger partial charge in [-0.2, -0.15) is 0 Å². The van der Waals surface area contributed by atoms with Gasteiger partial charge in [0.05, 0.1) is 13.5 Å². The molecular formula is C22H20N2O3. The molecule has 5 heteroatoms. The van der Waals surface area contributed by atoms with Gasteiger partial charge in [0.1, 0.15) is 11.5 Å². The third kappa shape index (κ3) is 3.08. The SMILES string of the molecule is COC(=O)Cc1ccccc1C1c2ccc(N)cc2Oc2cc(N)ccc21. The topological polar surface area (TPSA) is 87.6 Å². The molecular weight excluding hydrogens is 340 g/mol. The van der Waals surface area contributed by atoms with E-state index in [0.717, 1.165) is 22.3 Å². The summed E-state index contributed by atoms with van der Waals surface area (Å²) in [6.45, 7) is 0. The molecule has 1 aliphatic heterocycles. The quantitative estimate of drug-likeness (QED) is 0.428. The first-order valence-corrected chi connectivity index (χ1v) is 8.68. The molecule has 0 bridgehead atoms. The fraction of sp³-hybridized carbons (Fsp3) is 0.136. The van der Waals surface area contributed by atoms with E-state index in [4.69, 9.17) is 20.9 Å². The Morgan fingerprint density at radius 3 is 2.11 bits per heavy atom. The van der Waals surface area contributed by atoms with Gasteiger partial charge >= 0.3 is 5.97 Å². The molecule has 0 fully saturated rings. The van der Waals surface area contributed by atoms with E-state index in [1.54, 1.807) is 0 Å². The molecule has 1 heterocycles. The zero-order chi connectivity index (χ0) is 19.0. The summed E-state index contributed by atoms with van der Waals surface area (Å²) < 4.78 is 11.0. The Balaban J connectivity index is 1.92. The number of carbonyl (C=O) groups excluding carboxylic acids is 1. The normalized spacial score (nSPS) is 12.6. The molecule has 3 aromatic carbocycles. The molecule has 0 atom stereocenters. The van der Waals surface area contributed by atoms with Gasteiger partial charge in [-0.1, -0.05) is 36.4 Å². The van der Waals surface area contributed by atoms with Crippen LogP contribution in [0.5, 0.6) is 11.5 Å². The number of hydrogen-bond donors (Lipinski definition) is 2. The highest BCUT2D eigenvalue weighted by atomic mass is 16.5. The number of nitrogen functional groups attached to an aromatic ring is 2. The molecule has 5 nitrogen and oxygen atoms in total. The van der Waals surface area contributed by atoms with Crippen molar-refractivity contribution >= 4 is 17.3 Å². The molecule has 3 aromatic rings. The number of anilines is 2. The standard InChI is InChI=1S/C22H20N2O3/c1-26-21(25)10-13-4-2-3-5-16(13)22-17-8-6-14(23)11-19(17)27-20-12-15(24)7-9-18(20)22/h2-9,11-12,22H,10,23-24H2,1H3. The number of fused-ring (bicyclic) bond motifs is 2. The summed E-state index contributed by atoms with van der Waals surface area (Å²) >= 11 is 0. The van der Waals surface area contributed by atoms with Gasteiger partial charge in [-0.25, -0.2) is 0 Å². The lowest BCUT2D eigenvalue weighted by molar-refractivity contribution is -0.139. The van der Waals surface area contributed by atoms with Crippen molar-refractivity contribution < 1.29 is 14.3 Å². The van der Waals surface area contributed by atoms with Crippen molar-refractivity contribution in [3.05, 3.63) is 82.9 Å². The summed E-state index contributed by atoms with van der Waals surface area (Å²) in [5, 5.41) is 0. The lowest BCUT2D eigenvalue weighted by Crippen LogP contribution is -2.15. The average Bonchev–Trinajstić information content (AvgIpc) is 2.66. The average molecular weight is 360 g/mol. The maximum atomic E-state index is 11.9. The number of rotatable bonds is 3. The molecule has 27 heavy (non-hydrogen) atoms. The van der Waals surface area contributed by atoms with E-state index < -0.39 is 0 Å². The van der Waals surface area contributed by atoms with Crippen molar-refractivity contribution in [1.29, 1.82) is 0 Å². The summed E-state index contributed by atoms with van der Waals surface area (Å²) in [5.74, 6) is 1.03. The third-order valence-corrected chi connectivity index (χ3v) is 4.85. The molecule has 0 spiro atoms. The van der Waals surface area contributed by atoms with E-state index in [-0.39, 0.29) is 18.3 Å². The van der Waals surface area contributed by atoms with Crippen molar-refractivity contribution in [3.8, 4) is 11.5 Å². The number of esters is 1. The van der Waals surface area contributed by atoms with Crippen LogP contribution in [0.4, 0.5) is 11.4 Å². The van der Waals surface area contributed by atoms with E-state index in [9.17, 15) is 4.79 Å². The number of hydrogen-bond acceptors (Lipinski definition) is 5. The minimum Gasteiger partial charge on any atom is -0.469 e. The predicted octanol–water partition coefficient (Wildman–Crippen LogP) is 3.85. The first-order chi connectivity index (χ1) is 13.1. The van der Waals surface area contributed by atoms with Crippen LogP contribution in [0.1, 0.15) is 28.2 Å². The summed E-state index contributed by atoms with van der Waals surface area (Å²) in [5.41, 5.74) is 17.1. The monoisotopic (exact) mass is 360 g/mol. The maximum Gasteiger partial charge on any atom is 0.309 e. The van der Waals surface area contributed by atoms with Crippen LogP contribution < -0.4 is 16.2 Å². The Bertz CT molecular complexity index is 978. The van der Waals surface area contributed by atoms with Crippen LogP contribution in [0.25, 0.3) is 0 Å². The first-order valence-electron chi connectivity index (χ1n) is 8.68. The minimum absolute atomic E-state index is 0.0918. The number of benzene rings is 3. The molecule has 0 amide bonds. The zero-order valence-corrected chi connectivity index (χ0v) is 14.9. The van der Waals surface area contributed by atoms with Crippen LogP contribution in [0.2, 0.25) is 0 Å². The van der Waals surface area contributed by atoms with Crippen LogP contribution in [-0.2, 0) is 16.0 Å². The van der Waals surface area contributed by atoms with Crippen LogP contribution in [-0.4, -0.2) is 13.1 Å². The van der Waals surface area contributed by atoms with Gasteiger partial charge in [0, 0.05) is 40.6 Å². The van der Waals surface area contributed by atoms with E-state index in [2.05, 4.69) is 0 Å². The van der Waals surface area contributed by atoms with E-state index in [0.29, 0.717) is 22.9 Å². The van der Waals surface area contributed by atoms with Gasteiger partial charge in [0.2, 0.25) is 0 Å². The number of nitrogens with two attached hydrogens (primary N) is 2. The fourth-order valence-corrected chi connectivity index (χ4v) is 3.58. The second kappa shape index (κ2) is 6.68. The Kier molecular flexibility index (Phi) is 4.20. The third-order valence-electron chi connectivity index (χ3n) is 4.85. The van der Waals surface area contributed by atoms with Gasteiger partial charge in [0.15, 0.2) is 0 Å². The lowest BCUT2D eigenvalue weighted by Gasteiger charge is -2.30. The second-order valence-electron chi connectivity index (χ2n) is 6.58. The molecule has 0 aliphatic carbocycles. The number of carbonyl (C=O) groups is 1. The molecule has 4 rings (SSSR count). The molecule has 0 aromatic heterocycles.